The SMILES string of the molecule is COc1cc(C(=O)NC2CCNCC2)ccc1-c1cc2nccc(-c3ccc(OC4CCOCC4)c(C#N)c3)c2o1. The number of carbonyl (C=O) groups is 1. The molecule has 0 unspecified atom stereocenters. The van der Waals surface area contributed by atoms with Gasteiger partial charge in [0.15, 0.2) is 5.58 Å². The molecular formula is C32H32N4O5. The van der Waals surface area contributed by atoms with E-state index in [1.54, 1.807) is 25.4 Å². The van der Waals surface area contributed by atoms with Crippen molar-refractivity contribution < 1.29 is 23.4 Å². The van der Waals surface area contributed by atoms with Crippen LogP contribution in [0.1, 0.15) is 41.6 Å². The maximum Gasteiger partial charge on any atom is 0.251 e. The largest absolute Gasteiger partial charge is 0.496 e. The third kappa shape index (κ3) is 5.75. The van der Waals surface area contributed by atoms with Gasteiger partial charge in [-0.3, -0.25) is 9.78 Å². The Morgan fingerprint density at radius 2 is 1.85 bits per heavy atom. The van der Waals surface area contributed by atoms with Crippen LogP contribution in [0, 0.1) is 11.3 Å². The molecule has 2 saturated heterocycles. The topological polar surface area (TPSA) is 119 Å². The Kier molecular flexibility index (Phi) is 7.85. The molecule has 0 bridgehead atoms. The van der Waals surface area contributed by atoms with Crippen molar-refractivity contribution in [2.24, 2.45) is 0 Å². The molecule has 2 aromatic heterocycles. The molecule has 0 atom stereocenters. The number of hydrogen-bond donors (Lipinski definition) is 2. The zero-order valence-corrected chi connectivity index (χ0v) is 22.9. The van der Waals surface area contributed by atoms with Crippen LogP contribution in [0.5, 0.6) is 11.5 Å². The number of nitrogens with one attached hydrogen (secondary N) is 2. The first-order chi connectivity index (χ1) is 20.1. The quantitative estimate of drug-likeness (QED) is 0.326. The average Bonchev–Trinajstić information content (AvgIpc) is 3.46. The van der Waals surface area contributed by atoms with Crippen molar-refractivity contribution in [2.45, 2.75) is 37.8 Å². The smallest absolute Gasteiger partial charge is 0.251 e. The summed E-state index contributed by atoms with van der Waals surface area (Å²) in [4.78, 5) is 17.4. The highest BCUT2D eigenvalue weighted by atomic mass is 16.5. The van der Waals surface area contributed by atoms with Gasteiger partial charge in [-0.2, -0.15) is 5.26 Å². The van der Waals surface area contributed by atoms with Crippen molar-refractivity contribution in [3.63, 3.8) is 0 Å². The number of rotatable bonds is 7. The van der Waals surface area contributed by atoms with Crippen molar-refractivity contribution >= 4 is 17.0 Å². The third-order valence-corrected chi connectivity index (χ3v) is 7.69. The number of fused-ring (bicyclic) bond motifs is 1. The molecule has 2 aromatic carbocycles. The Balaban J connectivity index is 1.28. The molecule has 9 nitrogen and oxygen atoms in total. The van der Waals surface area contributed by atoms with E-state index in [0.29, 0.717) is 58.3 Å². The highest BCUT2D eigenvalue weighted by Crippen LogP contribution is 2.38. The van der Waals surface area contributed by atoms with Gasteiger partial charge in [0, 0.05) is 42.3 Å². The number of furan rings is 1. The second-order valence-corrected chi connectivity index (χ2v) is 10.3. The average molecular weight is 553 g/mol. The normalized spacial score (nSPS) is 16.3. The molecule has 2 aliphatic heterocycles. The van der Waals surface area contributed by atoms with E-state index in [1.807, 2.05) is 36.4 Å². The maximum atomic E-state index is 12.9. The minimum Gasteiger partial charge on any atom is -0.496 e. The highest BCUT2D eigenvalue weighted by Gasteiger charge is 2.21. The number of nitrogens with zero attached hydrogens (tertiary/aromatic N) is 2. The van der Waals surface area contributed by atoms with E-state index in [9.17, 15) is 10.1 Å². The molecule has 0 radical (unpaired) electrons. The molecule has 4 aromatic rings. The summed E-state index contributed by atoms with van der Waals surface area (Å²) in [5, 5.41) is 16.3. The van der Waals surface area contributed by atoms with Crippen LogP contribution in [0.15, 0.2) is 59.1 Å². The fourth-order valence-corrected chi connectivity index (χ4v) is 5.43. The number of benzene rings is 2. The van der Waals surface area contributed by atoms with E-state index < -0.39 is 0 Å². The predicted octanol–water partition coefficient (Wildman–Crippen LogP) is 5.08. The van der Waals surface area contributed by atoms with Crippen molar-refractivity contribution in [1.82, 2.24) is 15.6 Å². The van der Waals surface area contributed by atoms with Crippen LogP contribution in [-0.4, -0.2) is 56.5 Å². The van der Waals surface area contributed by atoms with Crippen LogP contribution in [-0.2, 0) is 4.74 Å². The lowest BCUT2D eigenvalue weighted by Gasteiger charge is -2.23. The molecule has 1 amide bonds. The lowest BCUT2D eigenvalue weighted by molar-refractivity contribution is 0.0254. The van der Waals surface area contributed by atoms with Crippen LogP contribution < -0.4 is 20.1 Å². The van der Waals surface area contributed by atoms with Crippen LogP contribution in [0.4, 0.5) is 0 Å². The number of ether oxygens (including phenoxy) is 3. The maximum absolute atomic E-state index is 12.9. The molecule has 41 heavy (non-hydrogen) atoms. The number of aromatic nitrogens is 1. The first-order valence-corrected chi connectivity index (χ1v) is 14.0. The molecule has 2 fully saturated rings. The Bertz CT molecular complexity index is 1600. The molecular weight excluding hydrogens is 520 g/mol. The molecule has 9 heteroatoms. The lowest BCUT2D eigenvalue weighted by Crippen LogP contribution is -2.42. The number of methoxy groups -OCH3 is 1. The van der Waals surface area contributed by atoms with Crippen molar-refractivity contribution in [2.75, 3.05) is 33.4 Å². The first kappa shape index (κ1) is 26.8. The van der Waals surface area contributed by atoms with Gasteiger partial charge in [-0.25, -0.2) is 0 Å². The Morgan fingerprint density at radius 3 is 2.63 bits per heavy atom. The summed E-state index contributed by atoms with van der Waals surface area (Å²) in [6.45, 7) is 3.14. The van der Waals surface area contributed by atoms with Crippen LogP contribution in [0.3, 0.4) is 0 Å². The summed E-state index contributed by atoms with van der Waals surface area (Å²) in [6, 6.07) is 17.1. The highest BCUT2D eigenvalue weighted by molar-refractivity contribution is 5.97. The van der Waals surface area contributed by atoms with Gasteiger partial charge in [-0.1, -0.05) is 6.07 Å². The van der Waals surface area contributed by atoms with E-state index in [1.165, 1.54) is 0 Å². The standard InChI is InChI=1S/C32H32N4O5/c1-38-29-17-21(32(37)36-23-6-11-34-12-7-23)2-4-26(29)30-18-27-31(41-30)25(8-13-35-27)20-3-5-28(22(16-20)19-33)40-24-9-14-39-15-10-24/h2-5,8,13,16-18,23-24,34H,6-7,9-12,14-15H2,1H3,(H,36,37). The number of carbonyl (C=O) groups excluding carboxylic acids is 1. The van der Waals surface area contributed by atoms with Crippen molar-refractivity contribution in [3.05, 3.63) is 65.9 Å². The minimum absolute atomic E-state index is 0.0407. The van der Waals surface area contributed by atoms with E-state index in [2.05, 4.69) is 21.7 Å². The number of amides is 1. The van der Waals surface area contributed by atoms with Crippen molar-refractivity contribution in [3.8, 4) is 40.0 Å². The summed E-state index contributed by atoms with van der Waals surface area (Å²) >= 11 is 0. The van der Waals surface area contributed by atoms with E-state index in [0.717, 1.165) is 49.9 Å². The Morgan fingerprint density at radius 1 is 1.02 bits per heavy atom. The number of pyridine rings is 1. The summed E-state index contributed by atoms with van der Waals surface area (Å²) in [7, 11) is 1.58. The summed E-state index contributed by atoms with van der Waals surface area (Å²) < 4.78 is 23.6. The number of nitriles is 1. The summed E-state index contributed by atoms with van der Waals surface area (Å²) in [5.41, 5.74) is 4.62. The zero-order valence-electron chi connectivity index (χ0n) is 22.9. The number of piperidine rings is 1. The fraction of sp³-hybridized carbons (Fsp3) is 0.344. The van der Waals surface area contributed by atoms with Crippen LogP contribution >= 0.6 is 0 Å². The third-order valence-electron chi connectivity index (χ3n) is 7.69. The van der Waals surface area contributed by atoms with E-state index in [-0.39, 0.29) is 18.1 Å². The molecule has 2 N–H and O–H groups in total. The van der Waals surface area contributed by atoms with Gasteiger partial charge < -0.3 is 29.3 Å². The lowest BCUT2D eigenvalue weighted by atomic mass is 10.0. The molecule has 6 rings (SSSR count). The van der Waals surface area contributed by atoms with E-state index in [4.69, 9.17) is 18.6 Å². The van der Waals surface area contributed by atoms with Gasteiger partial charge in [0.2, 0.25) is 0 Å². The second kappa shape index (κ2) is 12.0. The fourth-order valence-electron chi connectivity index (χ4n) is 5.43. The molecule has 210 valence electrons. The zero-order chi connectivity index (χ0) is 28.2. The summed E-state index contributed by atoms with van der Waals surface area (Å²) in [5.74, 6) is 1.56. The first-order valence-electron chi connectivity index (χ1n) is 14.0. The summed E-state index contributed by atoms with van der Waals surface area (Å²) in [6.07, 6.45) is 5.20. The second-order valence-electron chi connectivity index (χ2n) is 10.3. The predicted molar refractivity (Wildman–Crippen MR) is 154 cm³/mol. The molecule has 0 spiro atoms. The van der Waals surface area contributed by atoms with Crippen molar-refractivity contribution in [1.29, 1.82) is 5.26 Å². The van der Waals surface area contributed by atoms with E-state index >= 15 is 0 Å². The molecule has 0 saturated carbocycles. The van der Waals surface area contributed by atoms with Gasteiger partial charge in [0.1, 0.15) is 34.9 Å². The van der Waals surface area contributed by atoms with Gasteiger partial charge in [-0.05, 0) is 67.9 Å². The Hall–Kier alpha value is -4.39. The van der Waals surface area contributed by atoms with Crippen LogP contribution in [0.25, 0.3) is 33.6 Å². The van der Waals surface area contributed by atoms with Gasteiger partial charge in [0.05, 0.1) is 31.5 Å². The monoisotopic (exact) mass is 552 g/mol. The minimum atomic E-state index is -0.118. The van der Waals surface area contributed by atoms with Crippen LogP contribution in [0.2, 0.25) is 0 Å². The van der Waals surface area contributed by atoms with Gasteiger partial charge >= 0.3 is 0 Å². The molecule has 4 heterocycles. The molecule has 2 aliphatic rings. The van der Waals surface area contributed by atoms with Gasteiger partial charge in [0.25, 0.3) is 5.91 Å². The molecule has 0 aliphatic carbocycles. The number of hydrogen-bond acceptors (Lipinski definition) is 8. The van der Waals surface area contributed by atoms with Gasteiger partial charge in [-0.15, -0.1) is 0 Å². The Labute approximate surface area is 238 Å².